The molecule has 0 aliphatic carbocycles. The summed E-state index contributed by atoms with van der Waals surface area (Å²) in [6.07, 6.45) is 0. The van der Waals surface area contributed by atoms with Crippen molar-refractivity contribution in [2.45, 2.75) is 11.5 Å². The Kier molecular flexibility index (Phi) is 4.61. The molecule has 2 aromatic carbocycles. The number of rotatable bonds is 4. The van der Waals surface area contributed by atoms with Gasteiger partial charge in [-0.3, -0.25) is 0 Å². The van der Waals surface area contributed by atoms with Crippen LogP contribution in [0.25, 0.3) is 0 Å². The fraction of sp³-hybridized carbons (Fsp3) is 0.125. The van der Waals surface area contributed by atoms with Crippen molar-refractivity contribution in [2.75, 3.05) is 0 Å². The van der Waals surface area contributed by atoms with Gasteiger partial charge in [-0.25, -0.2) is 0 Å². The van der Waals surface area contributed by atoms with Gasteiger partial charge in [-0.05, 0) is 35.4 Å². The van der Waals surface area contributed by atoms with Crippen molar-refractivity contribution < 1.29 is 0 Å². The van der Waals surface area contributed by atoms with E-state index in [0.29, 0.717) is 11.1 Å². The maximum atomic E-state index is 8.83. The van der Waals surface area contributed by atoms with E-state index in [1.165, 1.54) is 5.56 Å². The van der Waals surface area contributed by atoms with Crippen molar-refractivity contribution in [3.8, 4) is 12.1 Å². The molecule has 0 aliphatic heterocycles. The first-order valence-corrected chi connectivity index (χ1v) is 7.03. The normalized spacial score (nSPS) is 9.58. The largest absolute Gasteiger partial charge is 0.192 e. The summed E-state index contributed by atoms with van der Waals surface area (Å²) in [6, 6.07) is 19.6. The van der Waals surface area contributed by atoms with Crippen molar-refractivity contribution in [3.05, 3.63) is 70.8 Å². The van der Waals surface area contributed by atoms with Gasteiger partial charge < -0.3 is 0 Å². The van der Waals surface area contributed by atoms with Crippen LogP contribution in [0.5, 0.6) is 0 Å². The average Bonchev–Trinajstić information content (AvgIpc) is 2.48. The van der Waals surface area contributed by atoms with Crippen molar-refractivity contribution in [1.29, 1.82) is 10.5 Å². The molecule has 0 atom stereocenters. The van der Waals surface area contributed by atoms with E-state index in [1.807, 2.05) is 48.5 Å². The minimum absolute atomic E-state index is 0.690. The van der Waals surface area contributed by atoms with E-state index >= 15 is 0 Å². The molecular weight excluding hydrogens is 252 g/mol. The highest BCUT2D eigenvalue weighted by Gasteiger charge is 1.98. The molecule has 0 fully saturated rings. The lowest BCUT2D eigenvalue weighted by Crippen LogP contribution is -1.85. The minimum atomic E-state index is 0.690. The highest BCUT2D eigenvalue weighted by Crippen LogP contribution is 2.18. The number of hydrogen-bond acceptors (Lipinski definition) is 3. The summed E-state index contributed by atoms with van der Waals surface area (Å²) < 4.78 is 0. The zero-order valence-corrected chi connectivity index (χ0v) is 11.2. The molecule has 0 spiro atoms. The zero-order chi connectivity index (χ0) is 13.5. The maximum Gasteiger partial charge on any atom is 0.0991 e. The Morgan fingerprint density at radius 3 is 2.16 bits per heavy atom. The van der Waals surface area contributed by atoms with Gasteiger partial charge in [0.15, 0.2) is 0 Å². The summed E-state index contributed by atoms with van der Waals surface area (Å²) in [7, 11) is 0. The first-order valence-electron chi connectivity index (χ1n) is 5.87. The fourth-order valence-corrected chi connectivity index (χ4v) is 2.64. The van der Waals surface area contributed by atoms with E-state index in [2.05, 4.69) is 12.1 Å². The molecule has 0 bridgehead atoms. The van der Waals surface area contributed by atoms with Gasteiger partial charge in [-0.1, -0.05) is 24.3 Å². The third-order valence-electron chi connectivity index (χ3n) is 2.68. The zero-order valence-electron chi connectivity index (χ0n) is 10.3. The molecule has 0 N–H and O–H groups in total. The smallest absolute Gasteiger partial charge is 0.0991 e. The highest BCUT2D eigenvalue weighted by molar-refractivity contribution is 7.97. The molecule has 0 saturated carbocycles. The van der Waals surface area contributed by atoms with E-state index in [-0.39, 0.29) is 0 Å². The van der Waals surface area contributed by atoms with Crippen LogP contribution >= 0.6 is 11.8 Å². The molecule has 3 heteroatoms. The number of hydrogen-bond donors (Lipinski definition) is 0. The number of benzene rings is 2. The van der Waals surface area contributed by atoms with Crippen LogP contribution in [0.4, 0.5) is 0 Å². The molecule has 2 rings (SSSR count). The molecule has 0 saturated heterocycles. The van der Waals surface area contributed by atoms with Crippen molar-refractivity contribution >= 4 is 11.8 Å². The van der Waals surface area contributed by atoms with Crippen LogP contribution in [0.15, 0.2) is 48.5 Å². The molecule has 0 amide bonds. The summed E-state index contributed by atoms with van der Waals surface area (Å²) in [5, 5.41) is 17.6. The molecular formula is C16H12N2S. The van der Waals surface area contributed by atoms with Crippen LogP contribution in [0.2, 0.25) is 0 Å². The quantitative estimate of drug-likeness (QED) is 0.842. The van der Waals surface area contributed by atoms with Crippen LogP contribution in [0.1, 0.15) is 22.3 Å². The predicted molar refractivity (Wildman–Crippen MR) is 77.3 cm³/mol. The summed E-state index contributed by atoms with van der Waals surface area (Å²) in [5.74, 6) is 1.79. The van der Waals surface area contributed by atoms with E-state index in [9.17, 15) is 0 Å². The number of nitrogens with zero attached hydrogens (tertiary/aromatic N) is 2. The van der Waals surface area contributed by atoms with Crippen molar-refractivity contribution in [1.82, 2.24) is 0 Å². The summed E-state index contributed by atoms with van der Waals surface area (Å²) in [4.78, 5) is 0. The topological polar surface area (TPSA) is 47.6 Å². The molecule has 92 valence electrons. The second-order valence-corrected chi connectivity index (χ2v) is 5.10. The maximum absolute atomic E-state index is 8.83. The standard InChI is InChI=1S/C16H12N2S/c17-9-13-4-6-14(7-5-13)11-19-12-16-3-1-2-15(8-16)10-18/h1-8H,11-12H2. The second-order valence-electron chi connectivity index (χ2n) is 4.11. The van der Waals surface area contributed by atoms with Gasteiger partial charge in [0.25, 0.3) is 0 Å². The number of nitriles is 2. The Balaban J connectivity index is 1.89. The lowest BCUT2D eigenvalue weighted by atomic mass is 10.2. The molecule has 0 radical (unpaired) electrons. The summed E-state index contributed by atoms with van der Waals surface area (Å²) >= 11 is 1.80. The fourth-order valence-electron chi connectivity index (χ4n) is 1.69. The van der Waals surface area contributed by atoms with E-state index in [0.717, 1.165) is 17.1 Å². The lowest BCUT2D eigenvalue weighted by Gasteiger charge is -2.03. The Labute approximate surface area is 117 Å². The van der Waals surface area contributed by atoms with Crippen LogP contribution in [-0.2, 0) is 11.5 Å². The van der Waals surface area contributed by atoms with Crippen LogP contribution in [0.3, 0.4) is 0 Å². The molecule has 0 aromatic heterocycles. The molecule has 19 heavy (non-hydrogen) atoms. The average molecular weight is 264 g/mol. The van der Waals surface area contributed by atoms with E-state index < -0.39 is 0 Å². The van der Waals surface area contributed by atoms with Gasteiger partial charge in [0, 0.05) is 11.5 Å². The van der Waals surface area contributed by atoms with Gasteiger partial charge in [-0.2, -0.15) is 22.3 Å². The number of thioether (sulfide) groups is 1. The second kappa shape index (κ2) is 6.64. The Morgan fingerprint density at radius 2 is 1.47 bits per heavy atom. The minimum Gasteiger partial charge on any atom is -0.192 e. The van der Waals surface area contributed by atoms with Crippen molar-refractivity contribution in [3.63, 3.8) is 0 Å². The Morgan fingerprint density at radius 1 is 0.789 bits per heavy atom. The third-order valence-corrected chi connectivity index (χ3v) is 3.75. The molecule has 0 unspecified atom stereocenters. The molecule has 0 aliphatic rings. The first kappa shape index (κ1) is 13.2. The Hall–Kier alpha value is -2.23. The first-order chi connectivity index (χ1) is 9.31. The van der Waals surface area contributed by atoms with E-state index in [4.69, 9.17) is 10.5 Å². The lowest BCUT2D eigenvalue weighted by molar-refractivity contribution is 1.35. The molecule has 2 nitrogen and oxygen atoms in total. The van der Waals surface area contributed by atoms with Crippen LogP contribution in [-0.4, -0.2) is 0 Å². The molecule has 0 heterocycles. The van der Waals surface area contributed by atoms with Gasteiger partial charge in [0.05, 0.1) is 23.3 Å². The summed E-state index contributed by atoms with van der Waals surface area (Å²) in [5.41, 5.74) is 3.77. The van der Waals surface area contributed by atoms with Gasteiger partial charge in [0.1, 0.15) is 0 Å². The van der Waals surface area contributed by atoms with Crippen molar-refractivity contribution in [2.24, 2.45) is 0 Å². The monoisotopic (exact) mass is 264 g/mol. The van der Waals surface area contributed by atoms with E-state index in [1.54, 1.807) is 11.8 Å². The van der Waals surface area contributed by atoms with Gasteiger partial charge in [-0.15, -0.1) is 0 Å². The van der Waals surface area contributed by atoms with Crippen LogP contribution in [0, 0.1) is 22.7 Å². The predicted octanol–water partition coefficient (Wildman–Crippen LogP) is 3.86. The third kappa shape index (κ3) is 3.88. The Bertz CT molecular complexity index is 633. The molecule has 2 aromatic rings. The van der Waals surface area contributed by atoms with Gasteiger partial charge in [0.2, 0.25) is 0 Å². The van der Waals surface area contributed by atoms with Gasteiger partial charge >= 0.3 is 0 Å². The van der Waals surface area contributed by atoms with Crippen LogP contribution < -0.4 is 0 Å². The summed E-state index contributed by atoms with van der Waals surface area (Å²) in [6.45, 7) is 0. The SMILES string of the molecule is N#Cc1ccc(CSCc2cccc(C#N)c2)cc1. The highest BCUT2D eigenvalue weighted by atomic mass is 32.2.